The average Bonchev–Trinajstić information content (AvgIpc) is 2.84. The van der Waals surface area contributed by atoms with E-state index in [4.69, 9.17) is 9.57 Å². The normalized spacial score (nSPS) is 22.1. The standard InChI is InChI=1S/C15H21NO4/c1-3-9-19-16-11(4-2)13-12(17)10-15(20-14(13)18)7-5-6-8-15/h3,17H,1,4-10H2,2H3. The Labute approximate surface area is 118 Å². The van der Waals surface area contributed by atoms with Gasteiger partial charge in [0.1, 0.15) is 23.5 Å². The molecule has 1 aliphatic carbocycles. The number of carbonyl (C=O) groups excluding carboxylic acids is 1. The summed E-state index contributed by atoms with van der Waals surface area (Å²) in [5.41, 5.74) is 0.0853. The number of rotatable bonds is 5. The van der Waals surface area contributed by atoms with Gasteiger partial charge in [0.15, 0.2) is 0 Å². The highest BCUT2D eigenvalue weighted by Gasteiger charge is 2.44. The third kappa shape index (κ3) is 2.86. The van der Waals surface area contributed by atoms with Crippen LogP contribution in [0.4, 0.5) is 0 Å². The third-order valence-electron chi connectivity index (χ3n) is 3.80. The van der Waals surface area contributed by atoms with Crippen LogP contribution in [0.2, 0.25) is 0 Å². The van der Waals surface area contributed by atoms with Gasteiger partial charge in [0.2, 0.25) is 0 Å². The molecule has 1 heterocycles. The summed E-state index contributed by atoms with van der Waals surface area (Å²) in [4.78, 5) is 17.2. The summed E-state index contributed by atoms with van der Waals surface area (Å²) in [5, 5.41) is 14.1. The second kappa shape index (κ2) is 6.11. The summed E-state index contributed by atoms with van der Waals surface area (Å²) in [7, 11) is 0. The molecular weight excluding hydrogens is 258 g/mol. The number of aliphatic hydroxyl groups excluding tert-OH is 1. The minimum absolute atomic E-state index is 0.0750. The number of hydrogen-bond acceptors (Lipinski definition) is 5. The number of carbonyl (C=O) groups is 1. The van der Waals surface area contributed by atoms with Gasteiger partial charge in [-0.1, -0.05) is 24.7 Å². The van der Waals surface area contributed by atoms with Crippen LogP contribution in [-0.2, 0) is 14.4 Å². The quantitative estimate of drug-likeness (QED) is 0.276. The largest absolute Gasteiger partial charge is 0.511 e. The lowest BCUT2D eigenvalue weighted by molar-refractivity contribution is -0.157. The highest BCUT2D eigenvalue weighted by Crippen LogP contribution is 2.42. The van der Waals surface area contributed by atoms with Gasteiger partial charge in [-0.15, -0.1) is 0 Å². The van der Waals surface area contributed by atoms with E-state index >= 15 is 0 Å². The predicted octanol–water partition coefficient (Wildman–Crippen LogP) is 3.03. The van der Waals surface area contributed by atoms with Crippen molar-refractivity contribution in [3.8, 4) is 0 Å². The number of ether oxygens (including phenoxy) is 1. The first-order chi connectivity index (χ1) is 9.62. The van der Waals surface area contributed by atoms with E-state index in [1.807, 2.05) is 6.92 Å². The Morgan fingerprint density at radius 1 is 1.55 bits per heavy atom. The van der Waals surface area contributed by atoms with Crippen molar-refractivity contribution < 1.29 is 19.5 Å². The van der Waals surface area contributed by atoms with Gasteiger partial charge in [-0.2, -0.15) is 0 Å². The first-order valence-corrected chi connectivity index (χ1v) is 7.07. The van der Waals surface area contributed by atoms with Crippen molar-refractivity contribution in [3.63, 3.8) is 0 Å². The molecule has 2 aliphatic rings. The molecule has 0 aromatic rings. The van der Waals surface area contributed by atoms with Gasteiger partial charge in [-0.25, -0.2) is 4.79 Å². The Bertz CT molecular complexity index is 458. The van der Waals surface area contributed by atoms with Crippen LogP contribution in [0.5, 0.6) is 0 Å². The Morgan fingerprint density at radius 3 is 2.80 bits per heavy atom. The number of nitrogens with zero attached hydrogens (tertiary/aromatic N) is 1. The average molecular weight is 279 g/mol. The maximum absolute atomic E-state index is 12.2. The summed E-state index contributed by atoms with van der Waals surface area (Å²) >= 11 is 0. The summed E-state index contributed by atoms with van der Waals surface area (Å²) in [6.45, 7) is 5.64. The molecular formula is C15H21NO4. The highest BCUT2D eigenvalue weighted by molar-refractivity contribution is 6.20. The van der Waals surface area contributed by atoms with Crippen LogP contribution in [0.3, 0.4) is 0 Å². The molecule has 1 spiro atoms. The molecule has 1 aliphatic heterocycles. The predicted molar refractivity (Wildman–Crippen MR) is 75.4 cm³/mol. The number of oxime groups is 1. The zero-order valence-electron chi connectivity index (χ0n) is 11.9. The van der Waals surface area contributed by atoms with Crippen molar-refractivity contribution in [1.82, 2.24) is 0 Å². The molecule has 0 aromatic heterocycles. The molecule has 0 radical (unpaired) electrons. The van der Waals surface area contributed by atoms with E-state index in [0.717, 1.165) is 25.7 Å². The van der Waals surface area contributed by atoms with Crippen molar-refractivity contribution in [3.05, 3.63) is 24.0 Å². The molecule has 1 fully saturated rings. The van der Waals surface area contributed by atoms with Crippen LogP contribution in [0.15, 0.2) is 29.1 Å². The summed E-state index contributed by atoms with van der Waals surface area (Å²) in [6.07, 6.45) is 6.15. The molecule has 0 unspecified atom stereocenters. The van der Waals surface area contributed by atoms with Gasteiger partial charge >= 0.3 is 5.97 Å². The number of aliphatic hydroxyl groups is 1. The van der Waals surface area contributed by atoms with Gasteiger partial charge < -0.3 is 14.7 Å². The lowest BCUT2D eigenvalue weighted by Gasteiger charge is -2.33. The highest BCUT2D eigenvalue weighted by atomic mass is 16.6. The van der Waals surface area contributed by atoms with Crippen LogP contribution in [-0.4, -0.2) is 29.0 Å². The van der Waals surface area contributed by atoms with Gasteiger partial charge in [0.05, 0.1) is 5.71 Å². The molecule has 2 rings (SSSR count). The molecule has 0 bridgehead atoms. The van der Waals surface area contributed by atoms with Gasteiger partial charge in [0, 0.05) is 6.42 Å². The molecule has 0 amide bonds. The van der Waals surface area contributed by atoms with E-state index in [0.29, 0.717) is 18.6 Å². The lowest BCUT2D eigenvalue weighted by atomic mass is 9.90. The Morgan fingerprint density at radius 2 is 2.25 bits per heavy atom. The van der Waals surface area contributed by atoms with Crippen molar-refractivity contribution in [2.75, 3.05) is 6.61 Å². The van der Waals surface area contributed by atoms with E-state index in [1.165, 1.54) is 0 Å². The van der Waals surface area contributed by atoms with Gasteiger partial charge in [-0.3, -0.25) is 0 Å². The molecule has 1 N–H and O–H groups in total. The van der Waals surface area contributed by atoms with Crippen LogP contribution >= 0.6 is 0 Å². The maximum atomic E-state index is 12.2. The van der Waals surface area contributed by atoms with Gasteiger partial charge in [-0.05, 0) is 32.1 Å². The Balaban J connectivity index is 2.23. The van der Waals surface area contributed by atoms with Gasteiger partial charge in [0.25, 0.3) is 0 Å². The molecule has 20 heavy (non-hydrogen) atoms. The van der Waals surface area contributed by atoms with E-state index in [2.05, 4.69) is 11.7 Å². The zero-order chi connectivity index (χ0) is 14.6. The van der Waals surface area contributed by atoms with E-state index in [1.54, 1.807) is 6.08 Å². The smallest absolute Gasteiger partial charge is 0.344 e. The van der Waals surface area contributed by atoms with Crippen molar-refractivity contribution >= 4 is 11.7 Å². The number of esters is 1. The molecule has 0 aromatic carbocycles. The first-order valence-electron chi connectivity index (χ1n) is 7.07. The monoisotopic (exact) mass is 279 g/mol. The lowest BCUT2D eigenvalue weighted by Crippen LogP contribution is -2.39. The van der Waals surface area contributed by atoms with Crippen molar-refractivity contribution in [2.45, 2.75) is 51.0 Å². The summed E-state index contributed by atoms with van der Waals surface area (Å²) < 4.78 is 5.59. The third-order valence-corrected chi connectivity index (χ3v) is 3.80. The maximum Gasteiger partial charge on any atom is 0.344 e. The molecule has 1 saturated carbocycles. The molecule has 5 nitrogen and oxygen atoms in total. The zero-order valence-corrected chi connectivity index (χ0v) is 11.9. The molecule has 110 valence electrons. The topological polar surface area (TPSA) is 68.1 Å². The van der Waals surface area contributed by atoms with E-state index in [-0.39, 0.29) is 17.9 Å². The molecule has 0 saturated heterocycles. The summed E-state index contributed by atoms with van der Waals surface area (Å²) in [6, 6.07) is 0. The van der Waals surface area contributed by atoms with E-state index in [9.17, 15) is 9.90 Å². The van der Waals surface area contributed by atoms with Crippen LogP contribution < -0.4 is 0 Å². The second-order valence-corrected chi connectivity index (χ2v) is 5.25. The van der Waals surface area contributed by atoms with Crippen molar-refractivity contribution in [2.24, 2.45) is 5.16 Å². The molecule has 5 heteroatoms. The fourth-order valence-corrected chi connectivity index (χ4v) is 2.83. The minimum Gasteiger partial charge on any atom is -0.511 e. The minimum atomic E-state index is -0.495. The SMILES string of the molecule is C=CCON=C(CC)C1=C(O)CC2(CCCC2)OC1=O. The molecule has 0 atom stereocenters. The van der Waals surface area contributed by atoms with Crippen molar-refractivity contribution in [1.29, 1.82) is 0 Å². The first kappa shape index (κ1) is 14.6. The fraction of sp³-hybridized carbons (Fsp3) is 0.600. The second-order valence-electron chi connectivity index (χ2n) is 5.25. The fourth-order valence-electron chi connectivity index (χ4n) is 2.83. The van der Waals surface area contributed by atoms with E-state index < -0.39 is 11.6 Å². The van der Waals surface area contributed by atoms with Crippen LogP contribution in [0, 0.1) is 0 Å². The number of hydrogen-bond donors (Lipinski definition) is 1. The Hall–Kier alpha value is -1.78. The Kier molecular flexibility index (Phi) is 4.47. The van der Waals surface area contributed by atoms with Crippen LogP contribution in [0.1, 0.15) is 45.4 Å². The summed E-state index contributed by atoms with van der Waals surface area (Å²) in [5.74, 6) is -0.413. The van der Waals surface area contributed by atoms with Crippen LogP contribution in [0.25, 0.3) is 0 Å².